The first-order valence-electron chi connectivity index (χ1n) is 4.10. The number of aryl methyl sites for hydroxylation is 1. The summed E-state index contributed by atoms with van der Waals surface area (Å²) in [5, 5.41) is 5.10. The van der Waals surface area contributed by atoms with Crippen molar-refractivity contribution in [2.24, 2.45) is 7.05 Å². The molecule has 2 N–H and O–H groups in total. The molecule has 2 aromatic heterocycles. The van der Waals surface area contributed by atoms with E-state index < -0.39 is 0 Å². The maximum Gasteiger partial charge on any atom is 0.222 e. The molecule has 0 radical (unpaired) electrons. The second-order valence-corrected chi connectivity index (χ2v) is 4.32. The summed E-state index contributed by atoms with van der Waals surface area (Å²) in [7, 11) is 1.85. The van der Waals surface area contributed by atoms with E-state index in [1.165, 1.54) is 11.8 Å². The highest BCUT2D eigenvalue weighted by Gasteiger charge is 2.04. The van der Waals surface area contributed by atoms with Gasteiger partial charge < -0.3 is 5.73 Å². The Balaban J connectivity index is 2.24. The van der Waals surface area contributed by atoms with Crippen molar-refractivity contribution in [3.05, 3.63) is 23.6 Å². The van der Waals surface area contributed by atoms with E-state index in [0.29, 0.717) is 10.2 Å². The first-order valence-corrected chi connectivity index (χ1v) is 5.29. The predicted molar refractivity (Wildman–Crippen MR) is 58.8 cm³/mol. The molecule has 5 nitrogen and oxygen atoms in total. The van der Waals surface area contributed by atoms with Crippen LogP contribution in [-0.4, -0.2) is 19.7 Å². The molecule has 0 fully saturated rings. The number of nitrogens with two attached hydrogens (primary N) is 1. The molecule has 15 heavy (non-hydrogen) atoms. The molecule has 0 unspecified atom stereocenters. The molecular formula is C8H8ClN5S. The lowest BCUT2D eigenvalue weighted by molar-refractivity contribution is 0.766. The van der Waals surface area contributed by atoms with E-state index in [1.807, 2.05) is 13.2 Å². The molecule has 2 heterocycles. The molecule has 0 bridgehead atoms. The van der Waals surface area contributed by atoms with Crippen LogP contribution in [0, 0.1) is 0 Å². The van der Waals surface area contributed by atoms with Crippen LogP contribution in [0.25, 0.3) is 0 Å². The molecule has 0 aliphatic carbocycles. The number of anilines is 1. The number of nitrogens with zero attached hydrogens (tertiary/aromatic N) is 4. The van der Waals surface area contributed by atoms with Gasteiger partial charge in [0.1, 0.15) is 10.2 Å². The number of hydrogen-bond acceptors (Lipinski definition) is 5. The third kappa shape index (κ3) is 2.60. The van der Waals surface area contributed by atoms with E-state index in [9.17, 15) is 0 Å². The van der Waals surface area contributed by atoms with Crippen molar-refractivity contribution in [1.29, 1.82) is 0 Å². The van der Waals surface area contributed by atoms with Crippen LogP contribution in [0.1, 0.15) is 0 Å². The van der Waals surface area contributed by atoms with Gasteiger partial charge in [-0.05, 0) is 0 Å². The Morgan fingerprint density at radius 1 is 1.47 bits per heavy atom. The van der Waals surface area contributed by atoms with Crippen molar-refractivity contribution in [2.45, 2.75) is 9.92 Å². The van der Waals surface area contributed by atoms with E-state index in [1.54, 1.807) is 16.9 Å². The van der Waals surface area contributed by atoms with Gasteiger partial charge in [0.05, 0.1) is 11.1 Å². The van der Waals surface area contributed by atoms with Crippen molar-refractivity contribution >= 4 is 29.3 Å². The van der Waals surface area contributed by atoms with E-state index in [-0.39, 0.29) is 5.95 Å². The minimum absolute atomic E-state index is 0.175. The number of halogens is 1. The maximum absolute atomic E-state index is 5.76. The molecule has 0 amide bonds. The van der Waals surface area contributed by atoms with Crippen molar-refractivity contribution < 1.29 is 0 Å². The Bertz CT molecular complexity index is 463. The van der Waals surface area contributed by atoms with Crippen LogP contribution in [0.2, 0.25) is 5.15 Å². The van der Waals surface area contributed by atoms with Crippen LogP contribution in [0.15, 0.2) is 28.4 Å². The number of aromatic nitrogens is 4. The highest BCUT2D eigenvalue weighted by atomic mass is 35.5. The molecule has 78 valence electrons. The summed E-state index contributed by atoms with van der Waals surface area (Å²) in [5.74, 6) is 0.175. The fourth-order valence-corrected chi connectivity index (χ4v) is 2.15. The standard InChI is InChI=1S/C8H8ClN5S/c1-14-4-5(3-11-14)15-7-2-6(9)12-8(10)13-7/h2-4H,1H3,(H2,10,12,13). The lowest BCUT2D eigenvalue weighted by Gasteiger charge is -1.99. The summed E-state index contributed by atoms with van der Waals surface area (Å²) in [4.78, 5) is 8.80. The van der Waals surface area contributed by atoms with E-state index >= 15 is 0 Å². The molecule has 0 spiro atoms. The fourth-order valence-electron chi connectivity index (χ4n) is 1.04. The van der Waals surface area contributed by atoms with Crippen LogP contribution in [0.3, 0.4) is 0 Å². The summed E-state index contributed by atoms with van der Waals surface area (Å²) in [5.41, 5.74) is 5.48. The molecule has 0 saturated carbocycles. The van der Waals surface area contributed by atoms with Gasteiger partial charge in [0.15, 0.2) is 0 Å². The van der Waals surface area contributed by atoms with Crippen molar-refractivity contribution in [2.75, 3.05) is 5.73 Å². The predicted octanol–water partition coefficient (Wildman–Crippen LogP) is 1.60. The quantitative estimate of drug-likeness (QED) is 0.809. The van der Waals surface area contributed by atoms with Gasteiger partial charge in [0.2, 0.25) is 5.95 Å². The second-order valence-electron chi connectivity index (χ2n) is 2.84. The molecule has 0 atom stereocenters. The lowest BCUT2D eigenvalue weighted by Crippen LogP contribution is -1.95. The number of rotatable bonds is 2. The molecule has 0 aromatic carbocycles. The van der Waals surface area contributed by atoms with Crippen molar-refractivity contribution in [3.8, 4) is 0 Å². The average Bonchev–Trinajstić information content (AvgIpc) is 2.49. The highest BCUT2D eigenvalue weighted by Crippen LogP contribution is 2.26. The number of hydrogen-bond donors (Lipinski definition) is 1. The van der Waals surface area contributed by atoms with Gasteiger partial charge in [-0.25, -0.2) is 9.97 Å². The summed E-state index contributed by atoms with van der Waals surface area (Å²) >= 11 is 7.19. The van der Waals surface area contributed by atoms with Gasteiger partial charge in [0.25, 0.3) is 0 Å². The molecule has 0 aliphatic rings. The van der Waals surface area contributed by atoms with E-state index in [4.69, 9.17) is 17.3 Å². The third-order valence-corrected chi connectivity index (χ3v) is 2.65. The molecular weight excluding hydrogens is 234 g/mol. The van der Waals surface area contributed by atoms with Gasteiger partial charge >= 0.3 is 0 Å². The Hall–Kier alpha value is -1.27. The highest BCUT2D eigenvalue weighted by molar-refractivity contribution is 7.99. The van der Waals surface area contributed by atoms with E-state index in [0.717, 1.165) is 4.90 Å². The zero-order valence-electron chi connectivity index (χ0n) is 7.88. The first kappa shape index (κ1) is 10.3. The Morgan fingerprint density at radius 3 is 2.87 bits per heavy atom. The first-order chi connectivity index (χ1) is 7.13. The summed E-state index contributed by atoms with van der Waals surface area (Å²) < 4.78 is 1.72. The minimum Gasteiger partial charge on any atom is -0.368 e. The topological polar surface area (TPSA) is 69.6 Å². The van der Waals surface area contributed by atoms with Gasteiger partial charge in [0, 0.05) is 19.3 Å². The summed E-state index contributed by atoms with van der Waals surface area (Å²) in [6.07, 6.45) is 3.63. The van der Waals surface area contributed by atoms with Gasteiger partial charge in [-0.3, -0.25) is 4.68 Å². The Labute approximate surface area is 95.7 Å². The summed E-state index contributed by atoms with van der Waals surface area (Å²) in [6, 6.07) is 1.66. The average molecular weight is 242 g/mol. The number of nitrogen functional groups attached to an aromatic ring is 1. The van der Waals surface area contributed by atoms with Crippen LogP contribution in [0.5, 0.6) is 0 Å². The zero-order chi connectivity index (χ0) is 10.8. The van der Waals surface area contributed by atoms with Crippen molar-refractivity contribution in [1.82, 2.24) is 19.7 Å². The minimum atomic E-state index is 0.175. The van der Waals surface area contributed by atoms with Crippen LogP contribution in [0.4, 0.5) is 5.95 Å². The smallest absolute Gasteiger partial charge is 0.222 e. The molecule has 0 saturated heterocycles. The second kappa shape index (κ2) is 4.08. The molecule has 7 heteroatoms. The zero-order valence-corrected chi connectivity index (χ0v) is 9.46. The van der Waals surface area contributed by atoms with Crippen LogP contribution in [-0.2, 0) is 7.05 Å². The van der Waals surface area contributed by atoms with E-state index in [2.05, 4.69) is 15.1 Å². The normalized spacial score (nSPS) is 10.5. The SMILES string of the molecule is Cn1cc(Sc2cc(Cl)nc(N)n2)cn1. The Kier molecular flexibility index (Phi) is 2.79. The molecule has 2 rings (SSSR count). The lowest BCUT2D eigenvalue weighted by atomic mass is 10.7. The van der Waals surface area contributed by atoms with Crippen LogP contribution >= 0.6 is 23.4 Å². The van der Waals surface area contributed by atoms with Crippen LogP contribution < -0.4 is 5.73 Å². The largest absolute Gasteiger partial charge is 0.368 e. The Morgan fingerprint density at radius 2 is 2.27 bits per heavy atom. The van der Waals surface area contributed by atoms with Gasteiger partial charge in [-0.2, -0.15) is 5.10 Å². The fraction of sp³-hybridized carbons (Fsp3) is 0.125. The molecule has 2 aromatic rings. The van der Waals surface area contributed by atoms with Gasteiger partial charge in [-0.15, -0.1) is 0 Å². The summed E-state index contributed by atoms with van der Waals surface area (Å²) in [6.45, 7) is 0. The van der Waals surface area contributed by atoms with Gasteiger partial charge in [-0.1, -0.05) is 23.4 Å². The molecule has 0 aliphatic heterocycles. The maximum atomic E-state index is 5.76. The third-order valence-electron chi connectivity index (χ3n) is 1.59. The monoisotopic (exact) mass is 241 g/mol. The van der Waals surface area contributed by atoms with Crippen molar-refractivity contribution in [3.63, 3.8) is 0 Å².